The van der Waals surface area contributed by atoms with E-state index in [2.05, 4.69) is 15.3 Å². The third-order valence-electron chi connectivity index (χ3n) is 2.13. The summed E-state index contributed by atoms with van der Waals surface area (Å²) in [5.74, 6) is 1.48. The van der Waals surface area contributed by atoms with Crippen molar-refractivity contribution in [3.05, 3.63) is 38.4 Å². The zero-order chi connectivity index (χ0) is 12.3. The lowest BCUT2D eigenvalue weighted by Crippen LogP contribution is -2.03. The fraction of sp³-hybridized carbons (Fsp3) is 0.273. The van der Waals surface area contributed by atoms with Crippen molar-refractivity contribution in [1.29, 1.82) is 0 Å². The van der Waals surface area contributed by atoms with Gasteiger partial charge in [-0.2, -0.15) is 0 Å². The molecule has 0 atom stereocenters. The standard InChI is InChI=1S/C11H11Cl2N3S/c1-2-10-15-8(12)5-11(16-10)14-6-7-3-4-9(13)17-7/h3-5H,2,6H2,1H3,(H,14,15,16). The Morgan fingerprint density at radius 3 is 2.76 bits per heavy atom. The minimum Gasteiger partial charge on any atom is -0.365 e. The molecular formula is C11H11Cl2N3S. The first kappa shape index (κ1) is 12.6. The van der Waals surface area contributed by atoms with Gasteiger partial charge in [0.15, 0.2) is 0 Å². The van der Waals surface area contributed by atoms with Crippen LogP contribution in [0.5, 0.6) is 0 Å². The first-order valence-corrected chi connectivity index (χ1v) is 6.76. The van der Waals surface area contributed by atoms with Crippen LogP contribution in [0.25, 0.3) is 0 Å². The highest BCUT2D eigenvalue weighted by atomic mass is 35.5. The Hall–Kier alpha value is -0.840. The van der Waals surface area contributed by atoms with E-state index in [1.54, 1.807) is 17.4 Å². The summed E-state index contributed by atoms with van der Waals surface area (Å²) in [5, 5.41) is 3.67. The van der Waals surface area contributed by atoms with Gasteiger partial charge in [-0.05, 0) is 12.1 Å². The van der Waals surface area contributed by atoms with Gasteiger partial charge in [0.25, 0.3) is 0 Å². The van der Waals surface area contributed by atoms with Crippen molar-refractivity contribution < 1.29 is 0 Å². The molecule has 0 spiro atoms. The van der Waals surface area contributed by atoms with Crippen LogP contribution in [0.15, 0.2) is 18.2 Å². The lowest BCUT2D eigenvalue weighted by Gasteiger charge is -2.05. The predicted octanol–water partition coefficient (Wildman–Crippen LogP) is 4.02. The lowest BCUT2D eigenvalue weighted by molar-refractivity contribution is 0.934. The number of nitrogens with one attached hydrogen (secondary N) is 1. The van der Waals surface area contributed by atoms with E-state index in [0.717, 1.165) is 27.3 Å². The number of aromatic nitrogens is 2. The second-order valence-corrected chi connectivity index (χ2v) is 5.59. The molecule has 0 amide bonds. The molecule has 0 aliphatic carbocycles. The summed E-state index contributed by atoms with van der Waals surface area (Å²) in [7, 11) is 0. The van der Waals surface area contributed by atoms with Gasteiger partial charge in [0.2, 0.25) is 0 Å². The van der Waals surface area contributed by atoms with Crippen LogP contribution in [0, 0.1) is 0 Å². The molecular weight excluding hydrogens is 277 g/mol. The van der Waals surface area contributed by atoms with Gasteiger partial charge in [0.05, 0.1) is 10.9 Å². The number of hydrogen-bond donors (Lipinski definition) is 1. The second kappa shape index (κ2) is 5.67. The molecule has 2 heterocycles. The average molecular weight is 288 g/mol. The van der Waals surface area contributed by atoms with E-state index in [1.165, 1.54) is 0 Å². The summed E-state index contributed by atoms with van der Waals surface area (Å²) in [5.41, 5.74) is 0. The smallest absolute Gasteiger partial charge is 0.134 e. The topological polar surface area (TPSA) is 37.8 Å². The third kappa shape index (κ3) is 3.56. The first-order chi connectivity index (χ1) is 8.17. The first-order valence-electron chi connectivity index (χ1n) is 5.19. The molecule has 0 radical (unpaired) electrons. The number of anilines is 1. The molecule has 0 bridgehead atoms. The van der Waals surface area contributed by atoms with Crippen molar-refractivity contribution in [3.8, 4) is 0 Å². The Balaban J connectivity index is 2.05. The van der Waals surface area contributed by atoms with Crippen LogP contribution in [-0.2, 0) is 13.0 Å². The van der Waals surface area contributed by atoms with Gasteiger partial charge >= 0.3 is 0 Å². The van der Waals surface area contributed by atoms with Crippen LogP contribution in [0.2, 0.25) is 9.49 Å². The maximum Gasteiger partial charge on any atom is 0.134 e. The third-order valence-corrected chi connectivity index (χ3v) is 3.55. The molecule has 0 aliphatic heterocycles. The van der Waals surface area contributed by atoms with Crippen molar-refractivity contribution in [2.24, 2.45) is 0 Å². The maximum absolute atomic E-state index is 5.91. The Labute approximate surface area is 114 Å². The number of nitrogens with zero attached hydrogens (tertiary/aromatic N) is 2. The van der Waals surface area contributed by atoms with Crippen molar-refractivity contribution in [2.45, 2.75) is 19.9 Å². The Kier molecular flexibility index (Phi) is 4.20. The quantitative estimate of drug-likeness (QED) is 0.863. The Morgan fingerprint density at radius 1 is 1.29 bits per heavy atom. The summed E-state index contributed by atoms with van der Waals surface area (Å²) in [6.07, 6.45) is 0.764. The monoisotopic (exact) mass is 287 g/mol. The van der Waals surface area contributed by atoms with Gasteiger partial charge in [-0.3, -0.25) is 0 Å². The van der Waals surface area contributed by atoms with Crippen LogP contribution in [0.1, 0.15) is 17.6 Å². The molecule has 0 saturated heterocycles. The van der Waals surface area contributed by atoms with Crippen molar-refractivity contribution in [1.82, 2.24) is 9.97 Å². The van der Waals surface area contributed by atoms with E-state index < -0.39 is 0 Å². The second-order valence-electron chi connectivity index (χ2n) is 3.41. The molecule has 0 aromatic carbocycles. The van der Waals surface area contributed by atoms with E-state index in [1.807, 2.05) is 19.1 Å². The number of hydrogen-bond acceptors (Lipinski definition) is 4. The summed E-state index contributed by atoms with van der Waals surface area (Å²) in [6, 6.07) is 5.59. The van der Waals surface area contributed by atoms with Gasteiger partial charge in [0.1, 0.15) is 16.8 Å². The molecule has 2 aromatic heterocycles. The Morgan fingerprint density at radius 2 is 2.12 bits per heavy atom. The molecule has 0 fully saturated rings. The van der Waals surface area contributed by atoms with E-state index in [4.69, 9.17) is 23.2 Å². The van der Waals surface area contributed by atoms with Gasteiger partial charge in [-0.25, -0.2) is 9.97 Å². The van der Waals surface area contributed by atoms with Crippen LogP contribution in [0.3, 0.4) is 0 Å². The van der Waals surface area contributed by atoms with Gasteiger partial charge in [-0.1, -0.05) is 30.1 Å². The van der Waals surface area contributed by atoms with Gasteiger partial charge in [-0.15, -0.1) is 11.3 Å². The Bertz CT molecular complexity index is 513. The van der Waals surface area contributed by atoms with Crippen molar-refractivity contribution >= 4 is 40.4 Å². The average Bonchev–Trinajstić information content (AvgIpc) is 2.72. The summed E-state index contributed by atoms with van der Waals surface area (Å²) < 4.78 is 0.789. The largest absolute Gasteiger partial charge is 0.365 e. The number of rotatable bonds is 4. The highest BCUT2D eigenvalue weighted by Gasteiger charge is 2.03. The van der Waals surface area contributed by atoms with Crippen LogP contribution < -0.4 is 5.32 Å². The van der Waals surface area contributed by atoms with E-state index in [0.29, 0.717) is 11.7 Å². The van der Waals surface area contributed by atoms with E-state index in [-0.39, 0.29) is 0 Å². The summed E-state index contributed by atoms with van der Waals surface area (Å²) in [4.78, 5) is 9.60. The molecule has 6 heteroatoms. The molecule has 0 unspecified atom stereocenters. The number of halogens is 2. The van der Waals surface area contributed by atoms with Crippen molar-refractivity contribution in [2.75, 3.05) is 5.32 Å². The molecule has 2 aromatic rings. The molecule has 0 aliphatic rings. The zero-order valence-electron chi connectivity index (χ0n) is 9.20. The lowest BCUT2D eigenvalue weighted by atomic mass is 10.4. The van der Waals surface area contributed by atoms with Crippen LogP contribution in [-0.4, -0.2) is 9.97 Å². The molecule has 0 saturated carbocycles. The minimum absolute atomic E-state index is 0.462. The van der Waals surface area contributed by atoms with E-state index in [9.17, 15) is 0 Å². The molecule has 2 rings (SSSR count). The minimum atomic E-state index is 0.462. The number of aryl methyl sites for hydroxylation is 1. The zero-order valence-corrected chi connectivity index (χ0v) is 11.5. The fourth-order valence-electron chi connectivity index (χ4n) is 1.34. The summed E-state index contributed by atoms with van der Waals surface area (Å²) in [6.45, 7) is 2.68. The maximum atomic E-state index is 5.91. The van der Waals surface area contributed by atoms with Gasteiger partial charge in [0, 0.05) is 17.4 Å². The van der Waals surface area contributed by atoms with Crippen molar-refractivity contribution in [3.63, 3.8) is 0 Å². The van der Waals surface area contributed by atoms with Crippen LogP contribution in [0.4, 0.5) is 5.82 Å². The number of thiophene rings is 1. The highest BCUT2D eigenvalue weighted by Crippen LogP contribution is 2.22. The fourth-order valence-corrected chi connectivity index (χ4v) is 2.57. The molecule has 3 nitrogen and oxygen atoms in total. The highest BCUT2D eigenvalue weighted by molar-refractivity contribution is 7.16. The summed E-state index contributed by atoms with van der Waals surface area (Å²) >= 11 is 13.3. The molecule has 90 valence electrons. The SMILES string of the molecule is CCc1nc(Cl)cc(NCc2ccc(Cl)s2)n1. The normalized spacial score (nSPS) is 10.5. The van der Waals surface area contributed by atoms with Gasteiger partial charge < -0.3 is 5.32 Å². The molecule has 17 heavy (non-hydrogen) atoms. The predicted molar refractivity (Wildman–Crippen MR) is 73.1 cm³/mol. The van der Waals surface area contributed by atoms with Crippen LogP contribution >= 0.6 is 34.5 Å². The molecule has 1 N–H and O–H groups in total. The van der Waals surface area contributed by atoms with E-state index >= 15 is 0 Å².